The Hall–Kier alpha value is -1.49. The molecule has 1 aliphatic carbocycles. The monoisotopic (exact) mass is 443 g/mol. The predicted octanol–water partition coefficient (Wildman–Crippen LogP) is 2.26. The standard InChI is InChI=1S/C19H29N3O5S2/c1-4-27-19(24)16-14-9-5-6-10-15(14)28-18(16)20-17(23)13-8-7-11-22(12-13)29(25,26)21(2)3/h13H,4-12H2,1-3H3,(H,20,23)/t13-/m0/s1. The average molecular weight is 444 g/mol. The topological polar surface area (TPSA) is 96.0 Å². The maximum atomic E-state index is 13.0. The molecule has 0 radical (unpaired) electrons. The normalized spacial score (nSPS) is 20.3. The summed E-state index contributed by atoms with van der Waals surface area (Å²) in [4.78, 5) is 26.7. The van der Waals surface area contributed by atoms with Crippen LogP contribution in [0.4, 0.5) is 5.00 Å². The fourth-order valence-corrected chi connectivity index (χ4v) is 6.35. The fraction of sp³-hybridized carbons (Fsp3) is 0.684. The van der Waals surface area contributed by atoms with Gasteiger partial charge in [-0.15, -0.1) is 11.3 Å². The van der Waals surface area contributed by atoms with Crippen LogP contribution >= 0.6 is 11.3 Å². The van der Waals surface area contributed by atoms with Crippen LogP contribution in [0.5, 0.6) is 0 Å². The number of anilines is 1. The highest BCUT2D eigenvalue weighted by molar-refractivity contribution is 7.86. The van der Waals surface area contributed by atoms with Gasteiger partial charge in [0.05, 0.1) is 18.1 Å². The smallest absolute Gasteiger partial charge is 0.341 e. The number of aryl methyl sites for hydroxylation is 1. The summed E-state index contributed by atoms with van der Waals surface area (Å²) in [5.74, 6) is -1.09. The Labute approximate surface area is 176 Å². The maximum Gasteiger partial charge on any atom is 0.341 e. The molecule has 2 heterocycles. The minimum atomic E-state index is -3.56. The Morgan fingerprint density at radius 1 is 1.24 bits per heavy atom. The summed E-state index contributed by atoms with van der Waals surface area (Å²) < 4.78 is 32.6. The van der Waals surface area contributed by atoms with E-state index in [2.05, 4.69) is 5.32 Å². The van der Waals surface area contributed by atoms with Gasteiger partial charge in [-0.1, -0.05) is 0 Å². The second kappa shape index (κ2) is 9.11. The molecule has 8 nitrogen and oxygen atoms in total. The summed E-state index contributed by atoms with van der Waals surface area (Å²) >= 11 is 1.45. The molecule has 2 aliphatic rings. The molecule has 0 saturated carbocycles. The Morgan fingerprint density at radius 3 is 2.66 bits per heavy atom. The molecule has 1 aromatic heterocycles. The van der Waals surface area contributed by atoms with Crippen molar-refractivity contribution in [1.29, 1.82) is 0 Å². The fourth-order valence-electron chi connectivity index (χ4n) is 3.88. The molecule has 0 bridgehead atoms. The first-order chi connectivity index (χ1) is 13.8. The van der Waals surface area contributed by atoms with Crippen LogP contribution in [0.25, 0.3) is 0 Å². The summed E-state index contributed by atoms with van der Waals surface area (Å²) in [5, 5.41) is 3.46. The molecule has 1 aromatic rings. The maximum absolute atomic E-state index is 13.0. The van der Waals surface area contributed by atoms with E-state index in [0.717, 1.165) is 36.1 Å². The molecule has 1 atom stereocenters. The number of ether oxygens (including phenoxy) is 1. The largest absolute Gasteiger partial charge is 0.462 e. The van der Waals surface area contributed by atoms with Crippen LogP contribution in [-0.2, 0) is 32.6 Å². The Kier molecular flexibility index (Phi) is 6.98. The van der Waals surface area contributed by atoms with Gasteiger partial charge in [-0.05, 0) is 51.0 Å². The highest BCUT2D eigenvalue weighted by Gasteiger charge is 2.35. The number of hydrogen-bond acceptors (Lipinski definition) is 6. The number of esters is 1. The number of carbonyl (C=O) groups is 2. The van der Waals surface area contributed by atoms with Gasteiger partial charge in [-0.2, -0.15) is 17.0 Å². The van der Waals surface area contributed by atoms with Gasteiger partial charge in [-0.25, -0.2) is 4.79 Å². The van der Waals surface area contributed by atoms with Crippen molar-refractivity contribution in [3.8, 4) is 0 Å². The minimum absolute atomic E-state index is 0.145. The van der Waals surface area contributed by atoms with Crippen molar-refractivity contribution in [2.45, 2.75) is 45.4 Å². The Bertz CT molecular complexity index is 879. The second-order valence-corrected chi connectivity index (χ2v) is 10.9. The molecule has 0 aromatic carbocycles. The SMILES string of the molecule is CCOC(=O)c1c(NC(=O)[C@H]2CCCN(S(=O)(=O)N(C)C)C2)sc2c1CCCC2. The molecule has 1 amide bonds. The summed E-state index contributed by atoms with van der Waals surface area (Å²) in [6.07, 6.45) is 5.04. The second-order valence-electron chi connectivity index (χ2n) is 7.61. The van der Waals surface area contributed by atoms with E-state index in [4.69, 9.17) is 4.74 Å². The first-order valence-electron chi connectivity index (χ1n) is 10.1. The van der Waals surface area contributed by atoms with E-state index in [9.17, 15) is 18.0 Å². The molecule has 0 spiro atoms. The van der Waals surface area contributed by atoms with Crippen molar-refractivity contribution in [1.82, 2.24) is 8.61 Å². The van der Waals surface area contributed by atoms with E-state index in [-0.39, 0.29) is 19.1 Å². The third kappa shape index (κ3) is 4.65. The van der Waals surface area contributed by atoms with Crippen LogP contribution in [0.1, 0.15) is 53.4 Å². The lowest BCUT2D eigenvalue weighted by Gasteiger charge is -2.32. The molecule has 1 N–H and O–H groups in total. The van der Waals surface area contributed by atoms with Crippen LogP contribution in [0.15, 0.2) is 0 Å². The number of carbonyl (C=O) groups excluding carboxylic acids is 2. The quantitative estimate of drug-likeness (QED) is 0.681. The van der Waals surface area contributed by atoms with Crippen molar-refractivity contribution in [2.24, 2.45) is 5.92 Å². The van der Waals surface area contributed by atoms with E-state index in [1.165, 1.54) is 34.0 Å². The minimum Gasteiger partial charge on any atom is -0.462 e. The van der Waals surface area contributed by atoms with Crippen LogP contribution in [0, 0.1) is 5.92 Å². The predicted molar refractivity (Wildman–Crippen MR) is 112 cm³/mol. The number of thiophene rings is 1. The molecule has 29 heavy (non-hydrogen) atoms. The van der Waals surface area contributed by atoms with E-state index < -0.39 is 22.1 Å². The molecule has 162 valence electrons. The van der Waals surface area contributed by atoms with Crippen molar-refractivity contribution in [3.63, 3.8) is 0 Å². The lowest BCUT2D eigenvalue weighted by Crippen LogP contribution is -2.47. The number of nitrogens with zero attached hydrogens (tertiary/aromatic N) is 2. The number of hydrogen-bond donors (Lipinski definition) is 1. The van der Waals surface area contributed by atoms with E-state index in [1.807, 2.05) is 0 Å². The van der Waals surface area contributed by atoms with Crippen LogP contribution in [-0.4, -0.2) is 62.7 Å². The molecular weight excluding hydrogens is 414 g/mol. The molecule has 0 unspecified atom stereocenters. The lowest BCUT2D eigenvalue weighted by molar-refractivity contribution is -0.120. The Balaban J connectivity index is 1.80. The van der Waals surface area contributed by atoms with Crippen molar-refractivity contribution < 1.29 is 22.7 Å². The summed E-state index contributed by atoms with van der Waals surface area (Å²) in [6.45, 7) is 2.59. The Morgan fingerprint density at radius 2 is 1.97 bits per heavy atom. The van der Waals surface area contributed by atoms with Crippen molar-refractivity contribution in [2.75, 3.05) is 39.1 Å². The third-order valence-electron chi connectivity index (χ3n) is 5.43. The molecule has 1 aliphatic heterocycles. The lowest BCUT2D eigenvalue weighted by atomic mass is 9.95. The summed E-state index contributed by atoms with van der Waals surface area (Å²) in [7, 11) is -0.581. The number of fused-ring (bicyclic) bond motifs is 1. The van der Waals surface area contributed by atoms with Crippen molar-refractivity contribution >= 4 is 38.4 Å². The van der Waals surface area contributed by atoms with Gasteiger partial charge in [0.25, 0.3) is 10.2 Å². The van der Waals surface area contributed by atoms with Crippen LogP contribution in [0.2, 0.25) is 0 Å². The molecule has 1 saturated heterocycles. The van der Waals surface area contributed by atoms with Gasteiger partial charge in [0.1, 0.15) is 5.00 Å². The first-order valence-corrected chi connectivity index (χ1v) is 12.3. The van der Waals surface area contributed by atoms with Gasteiger partial charge in [0.15, 0.2) is 0 Å². The van der Waals surface area contributed by atoms with Gasteiger partial charge < -0.3 is 10.1 Å². The zero-order chi connectivity index (χ0) is 21.2. The number of amides is 1. The van der Waals surface area contributed by atoms with E-state index >= 15 is 0 Å². The number of piperidine rings is 1. The molecule has 3 rings (SSSR count). The highest BCUT2D eigenvalue weighted by Crippen LogP contribution is 2.39. The highest BCUT2D eigenvalue weighted by atomic mass is 32.2. The zero-order valence-corrected chi connectivity index (χ0v) is 18.8. The summed E-state index contributed by atoms with van der Waals surface area (Å²) in [5.41, 5.74) is 1.48. The third-order valence-corrected chi connectivity index (χ3v) is 8.54. The van der Waals surface area contributed by atoms with Crippen molar-refractivity contribution in [3.05, 3.63) is 16.0 Å². The first kappa shape index (κ1) is 22.2. The number of rotatable bonds is 6. The van der Waals surface area contributed by atoms with Gasteiger partial charge >= 0.3 is 5.97 Å². The zero-order valence-electron chi connectivity index (χ0n) is 17.2. The van der Waals surface area contributed by atoms with Crippen LogP contribution in [0.3, 0.4) is 0 Å². The molecule has 10 heteroatoms. The average Bonchev–Trinajstić information content (AvgIpc) is 3.06. The van der Waals surface area contributed by atoms with E-state index in [0.29, 0.717) is 30.0 Å². The number of nitrogens with one attached hydrogen (secondary N) is 1. The van der Waals surface area contributed by atoms with Crippen LogP contribution < -0.4 is 5.32 Å². The molecular formula is C19H29N3O5S2. The van der Waals surface area contributed by atoms with Gasteiger partial charge in [0.2, 0.25) is 5.91 Å². The summed E-state index contributed by atoms with van der Waals surface area (Å²) in [6, 6.07) is 0. The van der Waals surface area contributed by atoms with E-state index in [1.54, 1.807) is 6.92 Å². The van der Waals surface area contributed by atoms with Gasteiger partial charge in [-0.3, -0.25) is 4.79 Å². The van der Waals surface area contributed by atoms with Gasteiger partial charge in [0, 0.05) is 32.1 Å². The molecule has 1 fully saturated rings.